The lowest BCUT2D eigenvalue weighted by atomic mass is 9.87. The van der Waals surface area contributed by atoms with Gasteiger partial charge in [-0.1, -0.05) is 0 Å². The summed E-state index contributed by atoms with van der Waals surface area (Å²) in [7, 11) is 1.40. The predicted octanol–water partition coefficient (Wildman–Crippen LogP) is 3.05. The Kier molecular flexibility index (Phi) is 3.93. The summed E-state index contributed by atoms with van der Waals surface area (Å²) in [5.41, 5.74) is 2.51. The maximum Gasteiger partial charge on any atom is 0.305 e. The highest BCUT2D eigenvalue weighted by Crippen LogP contribution is 2.41. The number of aryl methyl sites for hydroxylation is 1. The summed E-state index contributed by atoms with van der Waals surface area (Å²) in [4.78, 5) is 11.3. The second-order valence-corrected chi connectivity index (χ2v) is 5.76. The fourth-order valence-electron chi connectivity index (χ4n) is 2.61. The molecule has 1 aliphatic heterocycles. The minimum atomic E-state index is -0.352. The average molecular weight is 278 g/mol. The van der Waals surface area contributed by atoms with Gasteiger partial charge < -0.3 is 14.6 Å². The molecule has 0 amide bonds. The second-order valence-electron chi connectivity index (χ2n) is 5.76. The highest BCUT2D eigenvalue weighted by Gasteiger charge is 2.33. The normalized spacial score (nSPS) is 21.0. The smallest absolute Gasteiger partial charge is 0.305 e. The zero-order chi connectivity index (χ0) is 14.9. The first kappa shape index (κ1) is 14.7. The number of phenolic OH excluding ortho intramolecular Hbond substituents is 1. The molecule has 0 bridgehead atoms. The van der Waals surface area contributed by atoms with E-state index in [1.54, 1.807) is 6.07 Å². The first-order valence-corrected chi connectivity index (χ1v) is 6.94. The Bertz CT molecular complexity index is 536. The second kappa shape index (κ2) is 5.35. The topological polar surface area (TPSA) is 55.8 Å². The van der Waals surface area contributed by atoms with E-state index in [9.17, 15) is 9.90 Å². The van der Waals surface area contributed by atoms with Crippen molar-refractivity contribution in [2.75, 3.05) is 7.11 Å². The van der Waals surface area contributed by atoms with Crippen LogP contribution in [0.2, 0.25) is 0 Å². The van der Waals surface area contributed by atoms with Gasteiger partial charge in [-0.25, -0.2) is 0 Å². The molecule has 1 N–H and O–H groups in total. The molecule has 0 saturated heterocycles. The lowest BCUT2D eigenvalue weighted by Gasteiger charge is -2.37. The van der Waals surface area contributed by atoms with Gasteiger partial charge in [0.25, 0.3) is 0 Å². The SMILES string of the molecule is COC(=O)CCC1(C)CCc2cc(O)c(C)c(C)c2O1. The molecule has 4 heteroatoms. The van der Waals surface area contributed by atoms with Gasteiger partial charge in [0.1, 0.15) is 17.1 Å². The summed E-state index contributed by atoms with van der Waals surface area (Å²) in [5, 5.41) is 9.88. The Hall–Kier alpha value is -1.71. The number of esters is 1. The molecule has 0 spiro atoms. The molecule has 0 aliphatic carbocycles. The van der Waals surface area contributed by atoms with E-state index >= 15 is 0 Å². The van der Waals surface area contributed by atoms with Gasteiger partial charge in [-0.15, -0.1) is 0 Å². The number of hydrogen-bond acceptors (Lipinski definition) is 4. The Labute approximate surface area is 119 Å². The zero-order valence-electron chi connectivity index (χ0n) is 12.6. The van der Waals surface area contributed by atoms with E-state index in [1.807, 2.05) is 20.8 Å². The standard InChI is InChI=1S/C16H22O4/c1-10-11(2)15-12(9-13(10)17)5-7-16(3,20-15)8-6-14(18)19-4/h9,17H,5-8H2,1-4H3. The van der Waals surface area contributed by atoms with Crippen molar-refractivity contribution in [1.29, 1.82) is 0 Å². The minimum Gasteiger partial charge on any atom is -0.508 e. The summed E-state index contributed by atoms with van der Waals surface area (Å²) in [6, 6.07) is 1.79. The number of ether oxygens (including phenoxy) is 2. The molecule has 1 heterocycles. The van der Waals surface area contributed by atoms with Crippen LogP contribution in [0.1, 0.15) is 42.9 Å². The third kappa shape index (κ3) is 2.74. The van der Waals surface area contributed by atoms with E-state index in [-0.39, 0.29) is 11.6 Å². The van der Waals surface area contributed by atoms with Crippen LogP contribution in [0.5, 0.6) is 11.5 Å². The first-order chi connectivity index (χ1) is 9.36. The number of fused-ring (bicyclic) bond motifs is 1. The highest BCUT2D eigenvalue weighted by molar-refractivity contribution is 5.69. The highest BCUT2D eigenvalue weighted by atomic mass is 16.5. The Balaban J connectivity index is 2.21. The molecular weight excluding hydrogens is 256 g/mol. The number of benzene rings is 1. The molecule has 110 valence electrons. The first-order valence-electron chi connectivity index (χ1n) is 6.94. The molecule has 20 heavy (non-hydrogen) atoms. The molecule has 1 aromatic rings. The summed E-state index contributed by atoms with van der Waals surface area (Å²) in [5.74, 6) is 0.973. The van der Waals surface area contributed by atoms with Crippen LogP contribution in [0.15, 0.2) is 6.07 Å². The fourth-order valence-corrected chi connectivity index (χ4v) is 2.61. The van der Waals surface area contributed by atoms with E-state index in [0.717, 1.165) is 35.3 Å². The Morgan fingerprint density at radius 2 is 2.15 bits per heavy atom. The number of methoxy groups -OCH3 is 1. The van der Waals surface area contributed by atoms with Gasteiger partial charge in [-0.2, -0.15) is 0 Å². The molecule has 0 saturated carbocycles. The Morgan fingerprint density at radius 1 is 1.45 bits per heavy atom. The van der Waals surface area contributed by atoms with E-state index in [1.165, 1.54) is 7.11 Å². The quantitative estimate of drug-likeness (QED) is 0.863. The van der Waals surface area contributed by atoms with Crippen LogP contribution < -0.4 is 4.74 Å². The molecule has 1 aliphatic rings. The molecule has 2 rings (SSSR count). The summed E-state index contributed by atoms with van der Waals surface area (Å²) in [6.45, 7) is 5.87. The van der Waals surface area contributed by atoms with Gasteiger partial charge in [0, 0.05) is 6.42 Å². The van der Waals surface area contributed by atoms with Crippen LogP contribution in [-0.2, 0) is 16.0 Å². The van der Waals surface area contributed by atoms with Crippen LogP contribution >= 0.6 is 0 Å². The van der Waals surface area contributed by atoms with Crippen LogP contribution in [0.25, 0.3) is 0 Å². The third-order valence-electron chi connectivity index (χ3n) is 4.25. The van der Waals surface area contributed by atoms with E-state index in [0.29, 0.717) is 18.6 Å². The number of carbonyl (C=O) groups excluding carboxylic acids is 1. The number of phenols is 1. The van der Waals surface area contributed by atoms with Crippen LogP contribution in [0.3, 0.4) is 0 Å². The van der Waals surface area contributed by atoms with E-state index in [4.69, 9.17) is 4.74 Å². The third-order valence-corrected chi connectivity index (χ3v) is 4.25. The van der Waals surface area contributed by atoms with Crippen molar-refractivity contribution in [2.24, 2.45) is 0 Å². The van der Waals surface area contributed by atoms with Crippen molar-refractivity contribution in [3.63, 3.8) is 0 Å². The molecule has 0 aromatic heterocycles. The van der Waals surface area contributed by atoms with Crippen molar-refractivity contribution in [2.45, 2.75) is 52.1 Å². The van der Waals surface area contributed by atoms with Gasteiger partial charge in [-0.3, -0.25) is 4.79 Å². The van der Waals surface area contributed by atoms with E-state index < -0.39 is 0 Å². The molecule has 0 radical (unpaired) electrons. The number of hydrogen-bond donors (Lipinski definition) is 1. The molecular formula is C16H22O4. The van der Waals surface area contributed by atoms with Gasteiger partial charge in [-0.05, 0) is 62.8 Å². The molecule has 0 fully saturated rings. The lowest BCUT2D eigenvalue weighted by Crippen LogP contribution is -2.37. The number of carbonyl (C=O) groups is 1. The summed E-state index contributed by atoms with van der Waals surface area (Å²) >= 11 is 0. The monoisotopic (exact) mass is 278 g/mol. The number of rotatable bonds is 3. The largest absolute Gasteiger partial charge is 0.508 e. The summed E-state index contributed by atoms with van der Waals surface area (Å²) < 4.78 is 10.8. The average Bonchev–Trinajstić information content (AvgIpc) is 2.44. The van der Waals surface area contributed by atoms with Gasteiger partial charge in [0.05, 0.1) is 7.11 Å². The van der Waals surface area contributed by atoms with Gasteiger partial charge in [0.2, 0.25) is 0 Å². The predicted molar refractivity (Wildman–Crippen MR) is 76.2 cm³/mol. The van der Waals surface area contributed by atoms with Crippen LogP contribution in [-0.4, -0.2) is 23.8 Å². The number of aromatic hydroxyl groups is 1. The zero-order valence-corrected chi connectivity index (χ0v) is 12.6. The van der Waals surface area contributed by atoms with Crippen molar-refractivity contribution in [3.8, 4) is 11.5 Å². The minimum absolute atomic E-state index is 0.209. The molecule has 1 unspecified atom stereocenters. The lowest BCUT2D eigenvalue weighted by molar-refractivity contribution is -0.141. The fraction of sp³-hybridized carbons (Fsp3) is 0.562. The molecule has 1 aromatic carbocycles. The maximum absolute atomic E-state index is 11.3. The van der Waals surface area contributed by atoms with Crippen molar-refractivity contribution in [3.05, 3.63) is 22.8 Å². The van der Waals surface area contributed by atoms with Crippen LogP contribution in [0, 0.1) is 13.8 Å². The van der Waals surface area contributed by atoms with Crippen molar-refractivity contribution >= 4 is 5.97 Å². The summed E-state index contributed by atoms with van der Waals surface area (Å²) in [6.07, 6.45) is 2.68. The Morgan fingerprint density at radius 3 is 2.80 bits per heavy atom. The van der Waals surface area contributed by atoms with Crippen molar-refractivity contribution < 1.29 is 19.4 Å². The van der Waals surface area contributed by atoms with Crippen molar-refractivity contribution in [1.82, 2.24) is 0 Å². The van der Waals surface area contributed by atoms with Gasteiger partial charge >= 0.3 is 5.97 Å². The molecule has 4 nitrogen and oxygen atoms in total. The van der Waals surface area contributed by atoms with Gasteiger partial charge in [0.15, 0.2) is 0 Å². The molecule has 1 atom stereocenters. The van der Waals surface area contributed by atoms with Crippen LogP contribution in [0.4, 0.5) is 0 Å². The maximum atomic E-state index is 11.3. The van der Waals surface area contributed by atoms with E-state index in [2.05, 4.69) is 4.74 Å².